The van der Waals surface area contributed by atoms with Crippen LogP contribution < -0.4 is 9.63 Å². The molecule has 0 aliphatic rings. The first-order chi connectivity index (χ1) is 12.4. The van der Waals surface area contributed by atoms with Crippen LogP contribution in [0.4, 0.5) is 0 Å². The van der Waals surface area contributed by atoms with Crippen LogP contribution in [0.1, 0.15) is 16.1 Å². The standard InChI is InChI=1S/C16H10N4O5S/c17-10-14-15(18-25-20(14)22)11-5-4-6-12(9-11)16(21)19-26(23,24)13-7-2-1-3-8-13/h1-9H,(H-,19,21,23,24). The Hall–Kier alpha value is -3.55. The van der Waals surface area contributed by atoms with Crippen LogP contribution in [0.2, 0.25) is 0 Å². The monoisotopic (exact) mass is 370 g/mol. The van der Waals surface area contributed by atoms with Crippen LogP contribution in [0.3, 0.4) is 0 Å². The van der Waals surface area contributed by atoms with Gasteiger partial charge in [0, 0.05) is 16.3 Å². The summed E-state index contributed by atoms with van der Waals surface area (Å²) in [7, 11) is -4.03. The van der Waals surface area contributed by atoms with Gasteiger partial charge in [0.2, 0.25) is 0 Å². The predicted molar refractivity (Wildman–Crippen MR) is 86.6 cm³/mol. The van der Waals surface area contributed by atoms with Crippen LogP contribution in [-0.4, -0.2) is 15.6 Å². The van der Waals surface area contributed by atoms with E-state index in [4.69, 9.17) is 5.26 Å². The fourth-order valence-electron chi connectivity index (χ4n) is 2.18. The van der Waals surface area contributed by atoms with Crippen molar-refractivity contribution < 1.29 is 23.1 Å². The van der Waals surface area contributed by atoms with Gasteiger partial charge in [-0.25, -0.2) is 0 Å². The van der Waals surface area contributed by atoms with E-state index in [9.17, 15) is 18.8 Å². The molecule has 0 radical (unpaired) electrons. The Bertz CT molecular complexity index is 1060. The minimum absolute atomic E-state index is 0.00587. The molecule has 0 saturated carbocycles. The molecule has 0 fully saturated rings. The highest BCUT2D eigenvalue weighted by Crippen LogP contribution is 2.21. The summed E-state index contributed by atoms with van der Waals surface area (Å²) in [5, 5.41) is 23.8. The van der Waals surface area contributed by atoms with E-state index < -0.39 is 16.3 Å². The van der Waals surface area contributed by atoms with E-state index in [2.05, 4.69) is 9.79 Å². The van der Waals surface area contributed by atoms with Crippen LogP contribution in [0.5, 0.6) is 0 Å². The quantitative estimate of drug-likeness (QED) is 0.536. The number of nitrogens with zero attached hydrogens (tertiary/aromatic N) is 3. The predicted octanol–water partition coefficient (Wildman–Crippen LogP) is 1.18. The number of nitrogens with one attached hydrogen (secondary N) is 1. The Kier molecular flexibility index (Phi) is 4.49. The van der Waals surface area contributed by atoms with Crippen LogP contribution in [0.25, 0.3) is 11.3 Å². The average Bonchev–Trinajstić information content (AvgIpc) is 3.03. The first-order valence-electron chi connectivity index (χ1n) is 7.15. The molecule has 1 heterocycles. The summed E-state index contributed by atoms with van der Waals surface area (Å²) in [6, 6.07) is 14.7. The second-order valence-electron chi connectivity index (χ2n) is 5.07. The Balaban J connectivity index is 1.90. The lowest BCUT2D eigenvalue weighted by atomic mass is 10.1. The molecule has 3 rings (SSSR count). The largest absolute Gasteiger partial charge is 0.588 e. The molecular weight excluding hydrogens is 360 g/mol. The first kappa shape index (κ1) is 17.3. The van der Waals surface area contributed by atoms with E-state index in [-0.39, 0.29) is 32.3 Å². The highest BCUT2D eigenvalue weighted by atomic mass is 32.3. The lowest BCUT2D eigenvalue weighted by Gasteiger charge is -2.14. The SMILES string of the molecule is N#Cc1c(-c2cccc(C(=O)N[S+](=O)([O-])c3ccccc3)c2)no[n+]1[O-]. The molecule has 0 bridgehead atoms. The van der Waals surface area contributed by atoms with Gasteiger partial charge in [-0.05, 0) is 29.2 Å². The summed E-state index contributed by atoms with van der Waals surface area (Å²) in [5.74, 6) is -0.868. The highest BCUT2D eigenvalue weighted by molar-refractivity contribution is 7.96. The molecule has 1 aromatic heterocycles. The van der Waals surface area contributed by atoms with Gasteiger partial charge in [-0.2, -0.15) is 9.98 Å². The van der Waals surface area contributed by atoms with E-state index >= 15 is 0 Å². The number of carbonyl (C=O) groups excluding carboxylic acids is 1. The van der Waals surface area contributed by atoms with Gasteiger partial charge < -0.3 is 9.76 Å². The summed E-state index contributed by atoms with van der Waals surface area (Å²) in [5.41, 5.74) is -0.168. The second-order valence-corrected chi connectivity index (χ2v) is 6.75. The van der Waals surface area contributed by atoms with Gasteiger partial charge in [0.25, 0.3) is 11.6 Å². The number of rotatable bonds is 4. The fourth-order valence-corrected chi connectivity index (χ4v) is 3.17. The molecule has 9 nitrogen and oxygen atoms in total. The van der Waals surface area contributed by atoms with Gasteiger partial charge in [0.05, 0.1) is 0 Å². The third kappa shape index (κ3) is 3.30. The van der Waals surface area contributed by atoms with Crippen molar-refractivity contribution >= 4 is 16.3 Å². The number of hydrogen-bond donors (Lipinski definition) is 1. The molecule has 1 atom stereocenters. The average molecular weight is 370 g/mol. The number of aromatic nitrogens is 2. The number of nitriles is 1. The minimum atomic E-state index is -4.03. The second kappa shape index (κ2) is 6.75. The third-order valence-corrected chi connectivity index (χ3v) is 4.74. The van der Waals surface area contributed by atoms with Gasteiger partial charge >= 0.3 is 5.69 Å². The molecular formula is C16H10N4O5S. The van der Waals surface area contributed by atoms with Crippen molar-refractivity contribution in [3.8, 4) is 17.3 Å². The van der Waals surface area contributed by atoms with Crippen molar-refractivity contribution in [2.45, 2.75) is 4.90 Å². The van der Waals surface area contributed by atoms with Crippen molar-refractivity contribution in [3.05, 3.63) is 71.1 Å². The zero-order valence-electron chi connectivity index (χ0n) is 13.0. The molecule has 1 N–H and O–H groups in total. The van der Waals surface area contributed by atoms with Gasteiger partial charge in [-0.1, -0.05) is 34.5 Å². The number of carbonyl (C=O) groups is 1. The topological polar surface area (TPSA) is 146 Å². The lowest BCUT2D eigenvalue weighted by molar-refractivity contribution is -0.804. The summed E-state index contributed by atoms with van der Waals surface area (Å²) in [4.78, 5) is 12.2. The van der Waals surface area contributed by atoms with E-state index in [0.29, 0.717) is 0 Å². The maximum absolute atomic E-state index is 12.3. The van der Waals surface area contributed by atoms with Crippen molar-refractivity contribution in [1.82, 2.24) is 9.88 Å². The molecule has 1 unspecified atom stereocenters. The molecule has 26 heavy (non-hydrogen) atoms. The number of hydrogen-bond acceptors (Lipinski definition) is 7. The smallest absolute Gasteiger partial charge is 0.302 e. The van der Waals surface area contributed by atoms with Crippen molar-refractivity contribution in [3.63, 3.8) is 0 Å². The zero-order valence-corrected chi connectivity index (χ0v) is 13.8. The lowest BCUT2D eigenvalue weighted by Crippen LogP contribution is -2.35. The molecule has 2 aromatic carbocycles. The molecule has 0 saturated heterocycles. The Morgan fingerprint density at radius 2 is 1.96 bits per heavy atom. The van der Waals surface area contributed by atoms with E-state index in [1.165, 1.54) is 48.5 Å². The number of amides is 1. The van der Waals surface area contributed by atoms with Crippen LogP contribution >= 0.6 is 0 Å². The molecule has 0 spiro atoms. The molecule has 0 aliphatic carbocycles. The Morgan fingerprint density at radius 3 is 2.65 bits per heavy atom. The molecule has 0 aliphatic heterocycles. The third-order valence-electron chi connectivity index (χ3n) is 3.40. The molecule has 3 aromatic rings. The zero-order chi connectivity index (χ0) is 18.7. The highest BCUT2D eigenvalue weighted by Gasteiger charge is 2.25. The van der Waals surface area contributed by atoms with Gasteiger partial charge in [-0.3, -0.25) is 9.42 Å². The molecule has 130 valence electrons. The van der Waals surface area contributed by atoms with Gasteiger partial charge in [0.1, 0.15) is 0 Å². The van der Waals surface area contributed by atoms with E-state index in [1.54, 1.807) is 12.1 Å². The minimum Gasteiger partial charge on any atom is -0.588 e. The van der Waals surface area contributed by atoms with Crippen molar-refractivity contribution in [1.29, 1.82) is 5.26 Å². The van der Waals surface area contributed by atoms with Crippen LogP contribution in [0.15, 0.2) is 64.1 Å². The summed E-state index contributed by atoms with van der Waals surface area (Å²) in [6.07, 6.45) is 0. The Morgan fingerprint density at radius 1 is 1.23 bits per heavy atom. The van der Waals surface area contributed by atoms with E-state index in [1.807, 2.05) is 4.72 Å². The normalized spacial score (nSPS) is 12.8. The summed E-state index contributed by atoms with van der Waals surface area (Å²) >= 11 is 0. The number of sulfonamides is 1. The molecule has 10 heteroatoms. The van der Waals surface area contributed by atoms with Gasteiger partial charge in [0.15, 0.2) is 21.4 Å². The summed E-state index contributed by atoms with van der Waals surface area (Å²) < 4.78 is 30.8. The molecule has 1 amide bonds. The van der Waals surface area contributed by atoms with Crippen LogP contribution in [-0.2, 0) is 14.6 Å². The number of benzene rings is 2. The van der Waals surface area contributed by atoms with E-state index in [0.717, 1.165) is 0 Å². The van der Waals surface area contributed by atoms with Crippen LogP contribution in [0, 0.1) is 16.5 Å². The maximum atomic E-state index is 12.3. The Labute approximate surface area is 148 Å². The summed E-state index contributed by atoms with van der Waals surface area (Å²) in [6.45, 7) is 0. The van der Waals surface area contributed by atoms with Crippen molar-refractivity contribution in [2.24, 2.45) is 0 Å². The van der Waals surface area contributed by atoms with Crippen molar-refractivity contribution in [2.75, 3.05) is 0 Å². The van der Waals surface area contributed by atoms with Gasteiger partial charge in [-0.15, -0.1) is 0 Å². The maximum Gasteiger partial charge on any atom is 0.302 e. The first-order valence-corrected chi connectivity index (χ1v) is 8.63. The fraction of sp³-hybridized carbons (Fsp3) is 0.